The van der Waals surface area contributed by atoms with Gasteiger partial charge in [0.25, 0.3) is 5.91 Å². The summed E-state index contributed by atoms with van der Waals surface area (Å²) in [6.07, 6.45) is 1.43. The van der Waals surface area contributed by atoms with Gasteiger partial charge in [-0.25, -0.2) is 0 Å². The topological polar surface area (TPSA) is 55.1 Å². The van der Waals surface area contributed by atoms with Crippen molar-refractivity contribution in [1.82, 2.24) is 5.16 Å². The Hall–Kier alpha value is -1.81. The maximum absolute atomic E-state index is 11.9. The van der Waals surface area contributed by atoms with E-state index in [0.29, 0.717) is 16.3 Å². The molecule has 4 nitrogen and oxygen atoms in total. The molecule has 1 amide bonds. The van der Waals surface area contributed by atoms with Crippen LogP contribution in [-0.2, 0) is 0 Å². The van der Waals surface area contributed by atoms with Crippen molar-refractivity contribution < 1.29 is 9.32 Å². The molecule has 2 aromatic rings. The number of hydrogen-bond acceptors (Lipinski definition) is 3. The van der Waals surface area contributed by atoms with E-state index in [4.69, 9.17) is 16.1 Å². The molecule has 0 saturated carbocycles. The molecule has 0 atom stereocenters. The average Bonchev–Trinajstić information content (AvgIpc) is 2.70. The highest BCUT2D eigenvalue weighted by atomic mass is 35.5. The van der Waals surface area contributed by atoms with E-state index in [9.17, 15) is 4.79 Å². The minimum atomic E-state index is -0.304. The van der Waals surface area contributed by atoms with E-state index < -0.39 is 0 Å². The third-order valence-corrected chi connectivity index (χ3v) is 2.64. The first-order valence-electron chi connectivity index (χ1n) is 5.06. The number of anilines is 1. The Labute approximate surface area is 104 Å². The second-order valence-electron chi connectivity index (χ2n) is 3.76. The molecule has 0 aliphatic heterocycles. The third kappa shape index (κ3) is 2.47. The van der Waals surface area contributed by atoms with Gasteiger partial charge in [0.05, 0.1) is 0 Å². The predicted octanol–water partition coefficient (Wildman–Crippen LogP) is 3.20. The second-order valence-corrected chi connectivity index (χ2v) is 4.20. The van der Waals surface area contributed by atoms with E-state index in [-0.39, 0.29) is 11.6 Å². The van der Waals surface area contributed by atoms with Crippen molar-refractivity contribution >= 4 is 23.2 Å². The number of aryl methyl sites for hydroxylation is 2. The molecule has 0 radical (unpaired) electrons. The number of halogens is 1. The van der Waals surface area contributed by atoms with E-state index in [2.05, 4.69) is 10.5 Å². The lowest BCUT2D eigenvalue weighted by molar-refractivity contribution is 0.101. The summed E-state index contributed by atoms with van der Waals surface area (Å²) < 4.78 is 4.72. The van der Waals surface area contributed by atoms with Crippen LogP contribution in [0.5, 0.6) is 0 Å². The Kier molecular flexibility index (Phi) is 3.15. The molecule has 88 valence electrons. The molecule has 1 N–H and O–H groups in total. The van der Waals surface area contributed by atoms with Crippen LogP contribution in [0.3, 0.4) is 0 Å². The lowest BCUT2D eigenvalue weighted by Gasteiger charge is -2.07. The molecule has 0 saturated heterocycles. The molecular weight excluding hydrogens is 240 g/mol. The van der Waals surface area contributed by atoms with Crippen molar-refractivity contribution in [3.8, 4) is 0 Å². The molecular formula is C12H11ClN2O2. The van der Waals surface area contributed by atoms with Gasteiger partial charge in [0.15, 0.2) is 5.69 Å². The van der Waals surface area contributed by atoms with Gasteiger partial charge >= 0.3 is 0 Å². The Morgan fingerprint density at radius 1 is 1.35 bits per heavy atom. The molecule has 17 heavy (non-hydrogen) atoms. The average molecular weight is 251 g/mol. The van der Waals surface area contributed by atoms with Crippen LogP contribution in [0.15, 0.2) is 29.0 Å². The highest BCUT2D eigenvalue weighted by molar-refractivity contribution is 6.31. The van der Waals surface area contributed by atoms with Gasteiger partial charge in [0.2, 0.25) is 0 Å². The minimum absolute atomic E-state index is 0.282. The largest absolute Gasteiger partial charge is 0.364 e. The molecule has 1 aromatic heterocycles. The minimum Gasteiger partial charge on any atom is -0.364 e. The van der Waals surface area contributed by atoms with Gasteiger partial charge in [-0.2, -0.15) is 0 Å². The monoisotopic (exact) mass is 250 g/mol. The first-order chi connectivity index (χ1) is 8.08. The first kappa shape index (κ1) is 11.7. The van der Waals surface area contributed by atoms with Crippen LogP contribution in [0.25, 0.3) is 0 Å². The zero-order valence-corrected chi connectivity index (χ0v) is 10.2. The number of hydrogen-bond donors (Lipinski definition) is 1. The standard InChI is InChI=1S/C12H11ClN2O2/c1-7-3-4-9(13)5-10(7)14-12(16)11-8(2)6-17-15-11/h3-6H,1-2H3,(H,14,16). The van der Waals surface area contributed by atoms with Crippen LogP contribution in [0.4, 0.5) is 5.69 Å². The number of benzene rings is 1. The highest BCUT2D eigenvalue weighted by Crippen LogP contribution is 2.21. The molecule has 0 aliphatic rings. The molecule has 2 rings (SSSR count). The highest BCUT2D eigenvalue weighted by Gasteiger charge is 2.14. The summed E-state index contributed by atoms with van der Waals surface area (Å²) in [5, 5.41) is 6.96. The lowest BCUT2D eigenvalue weighted by Crippen LogP contribution is -2.14. The van der Waals surface area contributed by atoms with Gasteiger partial charge < -0.3 is 9.84 Å². The fraction of sp³-hybridized carbons (Fsp3) is 0.167. The molecule has 0 fully saturated rings. The quantitative estimate of drug-likeness (QED) is 0.891. The molecule has 1 aromatic carbocycles. The second kappa shape index (κ2) is 4.59. The molecule has 1 heterocycles. The fourth-order valence-corrected chi connectivity index (χ4v) is 1.59. The normalized spacial score (nSPS) is 10.3. The van der Waals surface area contributed by atoms with Gasteiger partial charge in [0.1, 0.15) is 6.26 Å². The van der Waals surface area contributed by atoms with Crippen molar-refractivity contribution in [2.24, 2.45) is 0 Å². The summed E-state index contributed by atoms with van der Waals surface area (Å²) >= 11 is 5.87. The molecule has 0 unspecified atom stereocenters. The predicted molar refractivity (Wildman–Crippen MR) is 65.4 cm³/mol. The van der Waals surface area contributed by atoms with Gasteiger partial charge in [-0.15, -0.1) is 0 Å². The summed E-state index contributed by atoms with van der Waals surface area (Å²) in [6, 6.07) is 5.31. The third-order valence-electron chi connectivity index (χ3n) is 2.41. The van der Waals surface area contributed by atoms with Crippen LogP contribution < -0.4 is 5.32 Å². The number of rotatable bonds is 2. The summed E-state index contributed by atoms with van der Waals surface area (Å²) in [6.45, 7) is 3.65. The van der Waals surface area contributed by atoms with Crippen molar-refractivity contribution in [3.05, 3.63) is 46.3 Å². The van der Waals surface area contributed by atoms with Crippen molar-refractivity contribution in [3.63, 3.8) is 0 Å². The smallest absolute Gasteiger partial charge is 0.278 e. The zero-order valence-electron chi connectivity index (χ0n) is 9.45. The number of nitrogens with zero attached hydrogens (tertiary/aromatic N) is 1. The number of carbonyl (C=O) groups excluding carboxylic acids is 1. The molecule has 0 spiro atoms. The Morgan fingerprint density at radius 2 is 2.12 bits per heavy atom. The van der Waals surface area contributed by atoms with Crippen LogP contribution in [0, 0.1) is 13.8 Å². The van der Waals surface area contributed by atoms with E-state index in [1.54, 1.807) is 19.1 Å². The summed E-state index contributed by atoms with van der Waals surface area (Å²) in [7, 11) is 0. The van der Waals surface area contributed by atoms with Gasteiger partial charge in [0, 0.05) is 16.3 Å². The summed E-state index contributed by atoms with van der Waals surface area (Å²) in [5.41, 5.74) is 2.58. The Morgan fingerprint density at radius 3 is 2.76 bits per heavy atom. The van der Waals surface area contributed by atoms with Crippen LogP contribution in [-0.4, -0.2) is 11.1 Å². The van der Waals surface area contributed by atoms with Gasteiger partial charge in [-0.1, -0.05) is 22.8 Å². The number of nitrogens with one attached hydrogen (secondary N) is 1. The zero-order chi connectivity index (χ0) is 12.4. The Bertz CT molecular complexity index is 563. The van der Waals surface area contributed by atoms with E-state index in [1.165, 1.54) is 6.26 Å². The van der Waals surface area contributed by atoms with Crippen molar-refractivity contribution in [1.29, 1.82) is 0 Å². The maximum atomic E-state index is 11.9. The van der Waals surface area contributed by atoms with Gasteiger partial charge in [-0.05, 0) is 31.5 Å². The van der Waals surface area contributed by atoms with E-state index >= 15 is 0 Å². The van der Waals surface area contributed by atoms with Crippen LogP contribution in [0.1, 0.15) is 21.6 Å². The number of amides is 1. The molecule has 5 heteroatoms. The molecule has 0 bridgehead atoms. The Balaban J connectivity index is 2.24. The fourth-order valence-electron chi connectivity index (χ4n) is 1.42. The first-order valence-corrected chi connectivity index (χ1v) is 5.44. The van der Waals surface area contributed by atoms with E-state index in [0.717, 1.165) is 5.56 Å². The van der Waals surface area contributed by atoms with Crippen LogP contribution in [0.2, 0.25) is 5.02 Å². The SMILES string of the molecule is Cc1ccc(Cl)cc1NC(=O)c1nocc1C. The summed E-state index contributed by atoms with van der Waals surface area (Å²) in [5.74, 6) is -0.304. The lowest BCUT2D eigenvalue weighted by atomic mass is 10.2. The number of aromatic nitrogens is 1. The van der Waals surface area contributed by atoms with Crippen molar-refractivity contribution in [2.45, 2.75) is 13.8 Å². The van der Waals surface area contributed by atoms with Crippen molar-refractivity contribution in [2.75, 3.05) is 5.32 Å². The summed E-state index contributed by atoms with van der Waals surface area (Å²) in [4.78, 5) is 11.9. The number of carbonyl (C=O) groups is 1. The van der Waals surface area contributed by atoms with Gasteiger partial charge in [-0.3, -0.25) is 4.79 Å². The molecule has 0 aliphatic carbocycles. The van der Waals surface area contributed by atoms with E-state index in [1.807, 2.05) is 13.0 Å². The maximum Gasteiger partial charge on any atom is 0.278 e. The van der Waals surface area contributed by atoms with Crippen LogP contribution >= 0.6 is 11.6 Å².